The molecule has 1 aliphatic rings. The number of hydrogen-bond donors (Lipinski definition) is 1. The summed E-state index contributed by atoms with van der Waals surface area (Å²) in [7, 11) is 0. The van der Waals surface area contributed by atoms with Crippen molar-refractivity contribution < 1.29 is 9.84 Å². The Hall–Kier alpha value is -1.64. The Labute approximate surface area is 120 Å². The van der Waals surface area contributed by atoms with Crippen LogP contribution in [0.5, 0.6) is 0 Å². The van der Waals surface area contributed by atoms with Crippen molar-refractivity contribution in [1.29, 1.82) is 0 Å². The molecule has 3 atom stereocenters. The number of ether oxygens (including phenoxy) is 1. The molecule has 0 spiro atoms. The van der Waals surface area contributed by atoms with Gasteiger partial charge in [0.2, 0.25) is 0 Å². The highest BCUT2D eigenvalue weighted by Gasteiger charge is 2.56. The van der Waals surface area contributed by atoms with E-state index in [1.54, 1.807) is 0 Å². The Morgan fingerprint density at radius 1 is 1.10 bits per heavy atom. The van der Waals surface area contributed by atoms with Crippen molar-refractivity contribution in [2.24, 2.45) is 5.41 Å². The van der Waals surface area contributed by atoms with E-state index in [0.29, 0.717) is 12.5 Å². The average molecular weight is 268 g/mol. The zero-order valence-electron chi connectivity index (χ0n) is 11.7. The molecule has 0 radical (unpaired) electrons. The molecule has 104 valence electrons. The summed E-state index contributed by atoms with van der Waals surface area (Å²) in [4.78, 5) is 0. The third kappa shape index (κ3) is 2.62. The molecule has 3 rings (SSSR count). The van der Waals surface area contributed by atoms with E-state index in [0.717, 1.165) is 12.0 Å². The van der Waals surface area contributed by atoms with Gasteiger partial charge in [-0.05, 0) is 23.5 Å². The van der Waals surface area contributed by atoms with Gasteiger partial charge in [0, 0.05) is 5.41 Å². The Morgan fingerprint density at radius 3 is 2.35 bits per heavy atom. The highest BCUT2D eigenvalue weighted by atomic mass is 16.6. The van der Waals surface area contributed by atoms with Gasteiger partial charge in [0.25, 0.3) is 0 Å². The van der Waals surface area contributed by atoms with E-state index in [1.165, 1.54) is 5.56 Å². The van der Waals surface area contributed by atoms with Crippen LogP contribution < -0.4 is 0 Å². The molecule has 0 heterocycles. The Balaban J connectivity index is 1.60. The van der Waals surface area contributed by atoms with E-state index < -0.39 is 6.29 Å². The second-order valence-electron chi connectivity index (χ2n) is 5.82. The van der Waals surface area contributed by atoms with E-state index >= 15 is 0 Å². The van der Waals surface area contributed by atoms with E-state index in [4.69, 9.17) is 4.74 Å². The summed E-state index contributed by atoms with van der Waals surface area (Å²) in [5, 5.41) is 10.3. The summed E-state index contributed by atoms with van der Waals surface area (Å²) in [6, 6.07) is 20.3. The van der Waals surface area contributed by atoms with Crippen molar-refractivity contribution >= 4 is 0 Å². The fourth-order valence-corrected chi connectivity index (χ4v) is 2.78. The van der Waals surface area contributed by atoms with Gasteiger partial charge in [-0.15, -0.1) is 0 Å². The first-order chi connectivity index (χ1) is 9.70. The average Bonchev–Trinajstić information content (AvgIpc) is 3.20. The van der Waals surface area contributed by atoms with Gasteiger partial charge in [0.1, 0.15) is 0 Å². The SMILES string of the molecule is C[C@@]1(C(O)OCc2ccccc2)C[C@@H]1c1ccccc1. The van der Waals surface area contributed by atoms with Crippen LogP contribution in [0.4, 0.5) is 0 Å². The largest absolute Gasteiger partial charge is 0.367 e. The third-order valence-electron chi connectivity index (χ3n) is 4.30. The molecular formula is C18H20O2. The molecule has 0 aromatic heterocycles. The minimum absolute atomic E-state index is 0.157. The van der Waals surface area contributed by atoms with Crippen LogP contribution in [0.3, 0.4) is 0 Å². The molecule has 1 fully saturated rings. The summed E-state index contributed by atoms with van der Waals surface area (Å²) < 4.78 is 5.66. The number of aliphatic hydroxyl groups is 1. The maximum atomic E-state index is 10.3. The van der Waals surface area contributed by atoms with Crippen molar-refractivity contribution in [3.63, 3.8) is 0 Å². The first kappa shape index (κ1) is 13.3. The molecular weight excluding hydrogens is 248 g/mol. The fourth-order valence-electron chi connectivity index (χ4n) is 2.78. The van der Waals surface area contributed by atoms with Crippen LogP contribution in [-0.4, -0.2) is 11.4 Å². The zero-order valence-corrected chi connectivity index (χ0v) is 11.7. The Bertz CT molecular complexity index is 552. The molecule has 2 heteroatoms. The van der Waals surface area contributed by atoms with Crippen LogP contribution in [0.1, 0.15) is 30.4 Å². The van der Waals surface area contributed by atoms with Crippen molar-refractivity contribution in [3.8, 4) is 0 Å². The molecule has 1 N–H and O–H groups in total. The number of hydrogen-bond acceptors (Lipinski definition) is 2. The van der Waals surface area contributed by atoms with Crippen LogP contribution in [0, 0.1) is 5.41 Å². The summed E-state index contributed by atoms with van der Waals surface area (Å²) >= 11 is 0. The highest BCUT2D eigenvalue weighted by molar-refractivity contribution is 5.29. The molecule has 2 nitrogen and oxygen atoms in total. The third-order valence-corrected chi connectivity index (χ3v) is 4.30. The smallest absolute Gasteiger partial charge is 0.160 e. The first-order valence-electron chi connectivity index (χ1n) is 7.09. The van der Waals surface area contributed by atoms with E-state index in [9.17, 15) is 5.11 Å². The molecule has 0 aliphatic heterocycles. The van der Waals surface area contributed by atoms with Gasteiger partial charge in [0.05, 0.1) is 6.61 Å². The summed E-state index contributed by atoms with van der Waals surface area (Å²) in [5.41, 5.74) is 2.22. The van der Waals surface area contributed by atoms with Crippen molar-refractivity contribution in [1.82, 2.24) is 0 Å². The topological polar surface area (TPSA) is 29.5 Å². The minimum Gasteiger partial charge on any atom is -0.367 e. The van der Waals surface area contributed by atoms with E-state index in [-0.39, 0.29) is 5.41 Å². The fraction of sp³-hybridized carbons (Fsp3) is 0.333. The molecule has 2 aromatic carbocycles. The van der Waals surface area contributed by atoms with Crippen LogP contribution >= 0.6 is 0 Å². The number of aliphatic hydroxyl groups excluding tert-OH is 1. The maximum absolute atomic E-state index is 10.3. The predicted octanol–water partition coefficient (Wildman–Crippen LogP) is 3.72. The van der Waals surface area contributed by atoms with Crippen LogP contribution in [0.2, 0.25) is 0 Å². The zero-order chi connectivity index (χ0) is 14.0. The van der Waals surface area contributed by atoms with Gasteiger partial charge < -0.3 is 9.84 Å². The molecule has 0 bridgehead atoms. The number of rotatable bonds is 5. The van der Waals surface area contributed by atoms with Gasteiger partial charge >= 0.3 is 0 Å². The minimum atomic E-state index is -0.715. The summed E-state index contributed by atoms with van der Waals surface area (Å²) in [5.74, 6) is 0.398. The van der Waals surface area contributed by atoms with Crippen molar-refractivity contribution in [3.05, 3.63) is 71.8 Å². The quantitative estimate of drug-likeness (QED) is 0.838. The van der Waals surface area contributed by atoms with Gasteiger partial charge in [-0.3, -0.25) is 0 Å². The normalized spacial score (nSPS) is 26.2. The van der Waals surface area contributed by atoms with Gasteiger partial charge in [-0.25, -0.2) is 0 Å². The van der Waals surface area contributed by atoms with Crippen LogP contribution in [-0.2, 0) is 11.3 Å². The molecule has 1 unspecified atom stereocenters. The second-order valence-corrected chi connectivity index (χ2v) is 5.82. The van der Waals surface area contributed by atoms with Crippen molar-refractivity contribution in [2.45, 2.75) is 32.2 Å². The van der Waals surface area contributed by atoms with Gasteiger partial charge in [-0.1, -0.05) is 67.6 Å². The highest BCUT2D eigenvalue weighted by Crippen LogP contribution is 2.61. The lowest BCUT2D eigenvalue weighted by Crippen LogP contribution is -2.24. The standard InChI is InChI=1S/C18H20O2/c1-18(12-16(18)15-10-6-3-7-11-15)17(19)20-13-14-8-4-2-5-9-14/h2-11,16-17,19H,12-13H2,1H3/t16-,17?,18-/m1/s1. The maximum Gasteiger partial charge on any atom is 0.160 e. The Kier molecular flexibility index (Phi) is 3.60. The Morgan fingerprint density at radius 2 is 1.70 bits per heavy atom. The van der Waals surface area contributed by atoms with Crippen LogP contribution in [0.25, 0.3) is 0 Å². The summed E-state index contributed by atoms with van der Waals surface area (Å²) in [6.45, 7) is 2.55. The molecule has 1 saturated carbocycles. The second kappa shape index (κ2) is 5.39. The first-order valence-corrected chi connectivity index (χ1v) is 7.09. The van der Waals surface area contributed by atoms with Crippen LogP contribution in [0.15, 0.2) is 60.7 Å². The molecule has 0 amide bonds. The monoisotopic (exact) mass is 268 g/mol. The van der Waals surface area contributed by atoms with E-state index in [1.807, 2.05) is 48.5 Å². The summed E-state index contributed by atoms with van der Waals surface area (Å²) in [6.07, 6.45) is 0.264. The van der Waals surface area contributed by atoms with Crippen molar-refractivity contribution in [2.75, 3.05) is 0 Å². The number of benzene rings is 2. The lowest BCUT2D eigenvalue weighted by atomic mass is 10.0. The molecule has 20 heavy (non-hydrogen) atoms. The molecule has 1 aliphatic carbocycles. The predicted molar refractivity (Wildman–Crippen MR) is 79.1 cm³/mol. The lowest BCUT2D eigenvalue weighted by molar-refractivity contribution is -0.148. The van der Waals surface area contributed by atoms with Gasteiger partial charge in [0.15, 0.2) is 6.29 Å². The lowest BCUT2D eigenvalue weighted by Gasteiger charge is -2.20. The van der Waals surface area contributed by atoms with Gasteiger partial charge in [-0.2, -0.15) is 0 Å². The molecule has 2 aromatic rings. The van der Waals surface area contributed by atoms with E-state index in [2.05, 4.69) is 19.1 Å². The molecule has 0 saturated heterocycles.